The predicted octanol–water partition coefficient (Wildman–Crippen LogP) is 2.21. The van der Waals surface area contributed by atoms with Crippen LogP contribution in [-0.4, -0.2) is 28.6 Å². The van der Waals surface area contributed by atoms with Gasteiger partial charge in [0.05, 0.1) is 11.9 Å². The highest BCUT2D eigenvalue weighted by molar-refractivity contribution is 5.93. The Kier molecular flexibility index (Phi) is 4.60. The molecule has 1 atom stereocenters. The number of hydrogen-bond donors (Lipinski definition) is 2. The zero-order valence-electron chi connectivity index (χ0n) is 12.2. The van der Waals surface area contributed by atoms with Gasteiger partial charge in [-0.05, 0) is 36.6 Å². The lowest BCUT2D eigenvalue weighted by Gasteiger charge is -2.10. The minimum absolute atomic E-state index is 0.124. The number of carbonyl (C=O) groups is 1. The van der Waals surface area contributed by atoms with Crippen LogP contribution in [0, 0.1) is 0 Å². The molecule has 0 radical (unpaired) electrons. The van der Waals surface area contributed by atoms with Crippen molar-refractivity contribution < 1.29 is 9.53 Å². The molecule has 2 N–H and O–H groups in total. The van der Waals surface area contributed by atoms with Crippen molar-refractivity contribution in [1.29, 1.82) is 0 Å². The number of nitrogens with zero attached hydrogens (tertiary/aromatic N) is 2. The first kappa shape index (κ1) is 14.5. The number of ether oxygens (including phenoxy) is 1. The Morgan fingerprint density at radius 3 is 2.95 bits per heavy atom. The van der Waals surface area contributed by atoms with E-state index in [0.717, 1.165) is 24.1 Å². The molecule has 0 saturated carbocycles. The molecule has 0 aliphatic carbocycles. The number of aromatic nitrogens is 2. The summed E-state index contributed by atoms with van der Waals surface area (Å²) in [5.41, 5.74) is 1.98. The van der Waals surface area contributed by atoms with Crippen molar-refractivity contribution in [3.05, 3.63) is 48.4 Å². The quantitative estimate of drug-likeness (QED) is 0.885. The second-order valence-electron chi connectivity index (χ2n) is 5.14. The lowest BCUT2D eigenvalue weighted by atomic mass is 10.2. The largest absolute Gasteiger partial charge is 0.380 e. The second-order valence-corrected chi connectivity index (χ2v) is 5.14. The van der Waals surface area contributed by atoms with Crippen molar-refractivity contribution in [2.45, 2.75) is 25.5 Å². The van der Waals surface area contributed by atoms with Crippen LogP contribution < -0.4 is 10.6 Å². The van der Waals surface area contributed by atoms with Crippen molar-refractivity contribution in [2.75, 3.05) is 17.2 Å². The number of carbonyl (C=O) groups excluding carboxylic acids is 1. The maximum absolute atomic E-state index is 11.9. The molecule has 0 bridgehead atoms. The highest BCUT2D eigenvalue weighted by Gasteiger charge is 2.23. The first-order valence-corrected chi connectivity index (χ1v) is 7.32. The van der Waals surface area contributed by atoms with Crippen LogP contribution in [0.2, 0.25) is 0 Å². The molecule has 6 nitrogen and oxygen atoms in total. The molecule has 22 heavy (non-hydrogen) atoms. The Bertz CT molecular complexity index is 610. The molecular weight excluding hydrogens is 280 g/mol. The molecular formula is C16H18N4O2. The van der Waals surface area contributed by atoms with Crippen LogP contribution in [0.3, 0.4) is 0 Å². The summed E-state index contributed by atoms with van der Waals surface area (Å²) >= 11 is 0. The average Bonchev–Trinajstić information content (AvgIpc) is 3.10. The van der Waals surface area contributed by atoms with E-state index in [2.05, 4.69) is 20.6 Å². The van der Waals surface area contributed by atoms with Crippen molar-refractivity contribution >= 4 is 17.4 Å². The van der Waals surface area contributed by atoms with Crippen molar-refractivity contribution in [2.24, 2.45) is 0 Å². The number of rotatable bonds is 5. The Morgan fingerprint density at radius 2 is 2.27 bits per heavy atom. The fourth-order valence-electron chi connectivity index (χ4n) is 2.27. The van der Waals surface area contributed by atoms with Gasteiger partial charge >= 0.3 is 0 Å². The summed E-state index contributed by atoms with van der Waals surface area (Å²) < 4.78 is 5.34. The Labute approximate surface area is 128 Å². The van der Waals surface area contributed by atoms with Gasteiger partial charge < -0.3 is 15.4 Å². The fraction of sp³-hybridized carbons (Fsp3) is 0.312. The maximum atomic E-state index is 11.9. The average molecular weight is 298 g/mol. The van der Waals surface area contributed by atoms with Crippen LogP contribution in [0.4, 0.5) is 11.5 Å². The summed E-state index contributed by atoms with van der Waals surface area (Å²) in [4.78, 5) is 20.2. The molecule has 0 spiro atoms. The van der Waals surface area contributed by atoms with Crippen molar-refractivity contribution in [1.82, 2.24) is 9.97 Å². The Balaban J connectivity index is 1.52. The van der Waals surface area contributed by atoms with E-state index in [1.807, 2.05) is 24.4 Å². The molecule has 1 aliphatic heterocycles. The molecule has 3 heterocycles. The SMILES string of the molecule is O=C(Nc1ccc(NCc2cccnc2)cn1)C1CCCO1. The summed E-state index contributed by atoms with van der Waals surface area (Å²) in [6.07, 6.45) is 6.62. The standard InChI is InChI=1S/C16H18N4O2/c21-16(14-4-2-8-22-14)20-15-6-5-13(11-19-15)18-10-12-3-1-7-17-9-12/h1,3,5-7,9,11,14,18H,2,4,8,10H2,(H,19,20,21). The van der Waals surface area contributed by atoms with Crippen LogP contribution in [0.1, 0.15) is 18.4 Å². The molecule has 1 saturated heterocycles. The molecule has 2 aromatic rings. The summed E-state index contributed by atoms with van der Waals surface area (Å²) in [5.74, 6) is 0.411. The second kappa shape index (κ2) is 7.00. The van der Waals surface area contributed by atoms with Gasteiger partial charge in [0, 0.05) is 25.5 Å². The van der Waals surface area contributed by atoms with E-state index in [0.29, 0.717) is 19.0 Å². The van der Waals surface area contributed by atoms with Crippen molar-refractivity contribution in [3.8, 4) is 0 Å². The molecule has 1 unspecified atom stereocenters. The summed E-state index contributed by atoms with van der Waals surface area (Å²) in [6, 6.07) is 7.57. The highest BCUT2D eigenvalue weighted by Crippen LogP contribution is 2.15. The summed E-state index contributed by atoms with van der Waals surface area (Å²) in [5, 5.41) is 6.03. The van der Waals surface area contributed by atoms with Gasteiger partial charge in [0.25, 0.3) is 5.91 Å². The number of anilines is 2. The third-order valence-electron chi connectivity index (χ3n) is 3.46. The number of nitrogens with one attached hydrogen (secondary N) is 2. The molecule has 6 heteroatoms. The Morgan fingerprint density at radius 1 is 1.32 bits per heavy atom. The maximum Gasteiger partial charge on any atom is 0.254 e. The van der Waals surface area contributed by atoms with Gasteiger partial charge in [0.2, 0.25) is 0 Å². The van der Waals surface area contributed by atoms with Crippen LogP contribution >= 0.6 is 0 Å². The van der Waals surface area contributed by atoms with E-state index in [1.165, 1.54) is 0 Å². The first-order chi connectivity index (χ1) is 10.8. The van der Waals surface area contributed by atoms with Crippen LogP contribution in [-0.2, 0) is 16.1 Å². The molecule has 3 rings (SSSR count). The van der Waals surface area contributed by atoms with Gasteiger partial charge in [-0.3, -0.25) is 9.78 Å². The molecule has 0 aromatic carbocycles. The minimum atomic E-state index is -0.342. The highest BCUT2D eigenvalue weighted by atomic mass is 16.5. The normalized spacial score (nSPS) is 17.2. The number of hydrogen-bond acceptors (Lipinski definition) is 5. The first-order valence-electron chi connectivity index (χ1n) is 7.32. The van der Waals surface area contributed by atoms with Gasteiger partial charge in [0.15, 0.2) is 0 Å². The van der Waals surface area contributed by atoms with E-state index in [4.69, 9.17) is 4.74 Å². The van der Waals surface area contributed by atoms with E-state index in [-0.39, 0.29) is 12.0 Å². The number of amides is 1. The van der Waals surface area contributed by atoms with Crippen molar-refractivity contribution in [3.63, 3.8) is 0 Å². The lowest BCUT2D eigenvalue weighted by molar-refractivity contribution is -0.124. The van der Waals surface area contributed by atoms with Crippen LogP contribution in [0.25, 0.3) is 0 Å². The lowest BCUT2D eigenvalue weighted by Crippen LogP contribution is -2.27. The third kappa shape index (κ3) is 3.79. The van der Waals surface area contributed by atoms with E-state index in [1.54, 1.807) is 18.5 Å². The zero-order valence-corrected chi connectivity index (χ0v) is 12.2. The predicted molar refractivity (Wildman–Crippen MR) is 83.4 cm³/mol. The molecule has 2 aromatic heterocycles. The molecule has 1 fully saturated rings. The third-order valence-corrected chi connectivity index (χ3v) is 3.46. The van der Waals surface area contributed by atoms with Gasteiger partial charge in [-0.2, -0.15) is 0 Å². The minimum Gasteiger partial charge on any atom is -0.380 e. The number of pyridine rings is 2. The summed E-state index contributed by atoms with van der Waals surface area (Å²) in [7, 11) is 0. The van der Waals surface area contributed by atoms with E-state index >= 15 is 0 Å². The summed E-state index contributed by atoms with van der Waals surface area (Å²) in [6.45, 7) is 1.33. The Hall–Kier alpha value is -2.47. The van der Waals surface area contributed by atoms with E-state index in [9.17, 15) is 4.79 Å². The fourth-order valence-corrected chi connectivity index (χ4v) is 2.27. The van der Waals surface area contributed by atoms with E-state index < -0.39 is 0 Å². The molecule has 1 amide bonds. The van der Waals surface area contributed by atoms with Crippen LogP contribution in [0.15, 0.2) is 42.9 Å². The smallest absolute Gasteiger partial charge is 0.254 e. The molecule has 1 aliphatic rings. The zero-order chi connectivity index (χ0) is 15.2. The van der Waals surface area contributed by atoms with Gasteiger partial charge in [-0.15, -0.1) is 0 Å². The topological polar surface area (TPSA) is 76.1 Å². The monoisotopic (exact) mass is 298 g/mol. The molecule has 114 valence electrons. The van der Waals surface area contributed by atoms with Gasteiger partial charge in [-0.25, -0.2) is 4.98 Å². The van der Waals surface area contributed by atoms with Gasteiger partial charge in [-0.1, -0.05) is 6.07 Å². The van der Waals surface area contributed by atoms with Gasteiger partial charge in [0.1, 0.15) is 11.9 Å². The van der Waals surface area contributed by atoms with Crippen LogP contribution in [0.5, 0.6) is 0 Å².